The molecule has 2 heterocycles. The van der Waals surface area contributed by atoms with Crippen LogP contribution in [0.4, 0.5) is 0 Å². The largest absolute Gasteiger partial charge is 0.228 e. The summed E-state index contributed by atoms with van der Waals surface area (Å²) in [6.07, 6.45) is 0. The van der Waals surface area contributed by atoms with Crippen molar-refractivity contribution in [3.8, 4) is 22.6 Å². The molecule has 0 fully saturated rings. The molecule has 0 bridgehead atoms. The molecule has 124 valence electrons. The maximum absolute atomic E-state index is 4.90. The van der Waals surface area contributed by atoms with Crippen molar-refractivity contribution in [3.05, 3.63) is 82.6 Å². The van der Waals surface area contributed by atoms with Crippen LogP contribution >= 0.6 is 33.9 Å². The second kappa shape index (κ2) is 6.45. The van der Waals surface area contributed by atoms with Crippen molar-refractivity contribution in [2.75, 3.05) is 0 Å². The van der Waals surface area contributed by atoms with E-state index in [1.165, 1.54) is 20.2 Å². The molecule has 5 aromatic rings. The van der Waals surface area contributed by atoms with Gasteiger partial charge < -0.3 is 0 Å². The predicted octanol–water partition coefficient (Wildman–Crippen LogP) is 6.78. The Morgan fingerprint density at radius 3 is 2.38 bits per heavy atom. The molecular formula is C22H13IN2S. The number of benzene rings is 3. The molecule has 0 radical (unpaired) electrons. The Balaban J connectivity index is 1.80. The number of rotatable bonds is 2. The maximum Gasteiger partial charge on any atom is 0.160 e. The van der Waals surface area contributed by atoms with E-state index in [1.807, 2.05) is 29.5 Å². The normalized spacial score (nSPS) is 11.3. The molecule has 0 amide bonds. The quantitative estimate of drug-likeness (QED) is 0.213. The summed E-state index contributed by atoms with van der Waals surface area (Å²) in [6, 6.07) is 27.3. The Morgan fingerprint density at radius 2 is 1.50 bits per heavy atom. The molecule has 0 aliphatic heterocycles. The molecule has 0 saturated carbocycles. The van der Waals surface area contributed by atoms with Gasteiger partial charge in [-0.2, -0.15) is 0 Å². The standard InChI is InChI=1S/C22H13IN2S/c23-20-13-17(24-22(25-20)14-7-2-1-3-8-14)15-10-6-12-19-21(15)16-9-4-5-11-18(16)26-19/h1-13H. The second-order valence-electron chi connectivity index (χ2n) is 6.04. The van der Waals surface area contributed by atoms with E-state index in [9.17, 15) is 0 Å². The lowest BCUT2D eigenvalue weighted by Crippen LogP contribution is -1.95. The highest BCUT2D eigenvalue weighted by molar-refractivity contribution is 14.1. The van der Waals surface area contributed by atoms with Crippen LogP contribution in [0.25, 0.3) is 42.8 Å². The van der Waals surface area contributed by atoms with Gasteiger partial charge in [-0.1, -0.05) is 60.7 Å². The summed E-state index contributed by atoms with van der Waals surface area (Å²) in [5.74, 6) is 0.768. The van der Waals surface area contributed by atoms with E-state index >= 15 is 0 Å². The van der Waals surface area contributed by atoms with E-state index in [-0.39, 0.29) is 0 Å². The number of thiophene rings is 1. The first-order valence-corrected chi connectivity index (χ1v) is 10.2. The second-order valence-corrected chi connectivity index (χ2v) is 8.23. The molecule has 3 aromatic carbocycles. The highest BCUT2D eigenvalue weighted by atomic mass is 127. The van der Waals surface area contributed by atoms with Gasteiger partial charge in [-0.05, 0) is 40.8 Å². The van der Waals surface area contributed by atoms with Crippen LogP contribution < -0.4 is 0 Å². The van der Waals surface area contributed by atoms with Crippen LogP contribution in [0.5, 0.6) is 0 Å². The van der Waals surface area contributed by atoms with Gasteiger partial charge in [0.25, 0.3) is 0 Å². The first-order valence-electron chi connectivity index (χ1n) is 8.30. The number of hydrogen-bond donors (Lipinski definition) is 0. The van der Waals surface area contributed by atoms with Gasteiger partial charge in [-0.3, -0.25) is 0 Å². The zero-order valence-corrected chi connectivity index (χ0v) is 16.7. The van der Waals surface area contributed by atoms with Crippen LogP contribution in [-0.4, -0.2) is 9.97 Å². The molecule has 0 saturated heterocycles. The van der Waals surface area contributed by atoms with Gasteiger partial charge in [0.1, 0.15) is 3.70 Å². The smallest absolute Gasteiger partial charge is 0.160 e. The van der Waals surface area contributed by atoms with Gasteiger partial charge in [0.15, 0.2) is 5.82 Å². The van der Waals surface area contributed by atoms with Gasteiger partial charge in [-0.15, -0.1) is 11.3 Å². The molecule has 2 nitrogen and oxygen atoms in total. The minimum Gasteiger partial charge on any atom is -0.228 e. The van der Waals surface area contributed by atoms with E-state index < -0.39 is 0 Å². The molecule has 0 unspecified atom stereocenters. The molecule has 0 aliphatic carbocycles. The van der Waals surface area contributed by atoms with Crippen LogP contribution in [0.15, 0.2) is 78.9 Å². The molecule has 26 heavy (non-hydrogen) atoms. The number of fused-ring (bicyclic) bond motifs is 3. The van der Waals surface area contributed by atoms with Crippen LogP contribution in [0.1, 0.15) is 0 Å². The third-order valence-electron chi connectivity index (χ3n) is 4.41. The van der Waals surface area contributed by atoms with E-state index in [2.05, 4.69) is 88.2 Å². The lowest BCUT2D eigenvalue weighted by Gasteiger charge is -2.08. The van der Waals surface area contributed by atoms with Crippen LogP contribution in [-0.2, 0) is 0 Å². The molecule has 4 heteroatoms. The van der Waals surface area contributed by atoms with Crippen LogP contribution in [0, 0.1) is 3.70 Å². The van der Waals surface area contributed by atoms with Gasteiger partial charge >= 0.3 is 0 Å². The molecule has 0 atom stereocenters. The van der Waals surface area contributed by atoms with Gasteiger partial charge in [0.05, 0.1) is 5.69 Å². The Bertz CT molecular complexity index is 1250. The fourth-order valence-corrected chi connectivity index (χ4v) is 4.92. The highest BCUT2D eigenvalue weighted by Gasteiger charge is 2.13. The SMILES string of the molecule is Ic1cc(-c2cccc3sc4ccccc4c23)nc(-c2ccccc2)n1. The Hall–Kier alpha value is -2.31. The number of nitrogens with zero attached hydrogens (tertiary/aromatic N) is 2. The third-order valence-corrected chi connectivity index (χ3v) is 6.09. The fourth-order valence-electron chi connectivity index (χ4n) is 3.26. The Morgan fingerprint density at radius 1 is 0.731 bits per heavy atom. The van der Waals surface area contributed by atoms with Crippen molar-refractivity contribution in [3.63, 3.8) is 0 Å². The van der Waals surface area contributed by atoms with E-state index in [4.69, 9.17) is 4.98 Å². The van der Waals surface area contributed by atoms with Gasteiger partial charge in [-0.25, -0.2) is 9.97 Å². The van der Waals surface area contributed by atoms with E-state index in [0.717, 1.165) is 26.3 Å². The fraction of sp³-hybridized carbons (Fsp3) is 0. The first kappa shape index (κ1) is 15.9. The Labute approximate surface area is 168 Å². The molecule has 5 rings (SSSR count). The maximum atomic E-state index is 4.90. The predicted molar refractivity (Wildman–Crippen MR) is 119 cm³/mol. The summed E-state index contributed by atoms with van der Waals surface area (Å²) in [5, 5.41) is 2.57. The topological polar surface area (TPSA) is 25.8 Å². The number of aromatic nitrogens is 2. The van der Waals surface area contributed by atoms with Crippen molar-refractivity contribution in [2.45, 2.75) is 0 Å². The van der Waals surface area contributed by atoms with Gasteiger partial charge in [0, 0.05) is 31.3 Å². The molecule has 0 spiro atoms. The lowest BCUT2D eigenvalue weighted by atomic mass is 10.0. The molecule has 0 N–H and O–H groups in total. The zero-order valence-electron chi connectivity index (χ0n) is 13.7. The minimum absolute atomic E-state index is 0.768. The van der Waals surface area contributed by atoms with Gasteiger partial charge in [0.2, 0.25) is 0 Å². The van der Waals surface area contributed by atoms with Crippen molar-refractivity contribution >= 4 is 54.1 Å². The minimum atomic E-state index is 0.768. The summed E-state index contributed by atoms with van der Waals surface area (Å²) in [4.78, 5) is 9.54. The van der Waals surface area contributed by atoms with Crippen molar-refractivity contribution < 1.29 is 0 Å². The molecule has 0 aliphatic rings. The van der Waals surface area contributed by atoms with Crippen LogP contribution in [0.3, 0.4) is 0 Å². The molecular weight excluding hydrogens is 451 g/mol. The summed E-state index contributed by atoms with van der Waals surface area (Å²) in [6.45, 7) is 0. The Kier molecular flexibility index (Phi) is 3.94. The highest BCUT2D eigenvalue weighted by Crippen LogP contribution is 2.39. The van der Waals surface area contributed by atoms with Crippen molar-refractivity contribution in [1.82, 2.24) is 9.97 Å². The average Bonchev–Trinajstić information content (AvgIpc) is 3.07. The average molecular weight is 464 g/mol. The summed E-state index contributed by atoms with van der Waals surface area (Å²) < 4.78 is 3.54. The zero-order chi connectivity index (χ0) is 17.5. The lowest BCUT2D eigenvalue weighted by molar-refractivity contribution is 1.15. The number of hydrogen-bond acceptors (Lipinski definition) is 3. The van der Waals surface area contributed by atoms with Crippen molar-refractivity contribution in [1.29, 1.82) is 0 Å². The van der Waals surface area contributed by atoms with E-state index in [0.29, 0.717) is 0 Å². The summed E-state index contributed by atoms with van der Waals surface area (Å²) in [5.41, 5.74) is 3.17. The van der Waals surface area contributed by atoms with Crippen molar-refractivity contribution in [2.24, 2.45) is 0 Å². The number of halogens is 1. The summed E-state index contributed by atoms with van der Waals surface area (Å²) in [7, 11) is 0. The van der Waals surface area contributed by atoms with E-state index in [1.54, 1.807) is 0 Å². The van der Waals surface area contributed by atoms with Crippen LogP contribution in [0.2, 0.25) is 0 Å². The summed E-state index contributed by atoms with van der Waals surface area (Å²) >= 11 is 4.11. The molecule has 2 aromatic heterocycles. The monoisotopic (exact) mass is 464 g/mol. The first-order chi connectivity index (χ1) is 12.8. The third kappa shape index (κ3) is 2.70.